The van der Waals surface area contributed by atoms with E-state index in [1.165, 1.54) is 126 Å². The van der Waals surface area contributed by atoms with Crippen LogP contribution in [0.5, 0.6) is 0 Å². The van der Waals surface area contributed by atoms with Crippen LogP contribution < -0.4 is 0 Å². The summed E-state index contributed by atoms with van der Waals surface area (Å²) in [5.41, 5.74) is 19.2. The molecule has 0 radical (unpaired) electrons. The molecular weight excluding hydrogens is 711 g/mol. The Hall–Kier alpha value is -7.48. The number of hydrogen-bond acceptors (Lipinski definition) is 0. The lowest BCUT2D eigenvalue weighted by Gasteiger charge is -2.24. The zero-order valence-corrected chi connectivity index (χ0v) is 32.4. The summed E-state index contributed by atoms with van der Waals surface area (Å²) in [6.45, 7) is 0. The second-order valence-corrected chi connectivity index (χ2v) is 16.4. The van der Waals surface area contributed by atoms with Gasteiger partial charge in [-0.2, -0.15) is 0 Å². The monoisotopic (exact) mass is 747 g/mol. The van der Waals surface area contributed by atoms with Gasteiger partial charge in [0, 0.05) is 22.2 Å². The first-order valence-corrected chi connectivity index (χ1v) is 20.8. The van der Waals surface area contributed by atoms with Crippen LogP contribution in [-0.2, 0) is 6.42 Å². The Bertz CT molecular complexity index is 3520. The summed E-state index contributed by atoms with van der Waals surface area (Å²) >= 11 is 0. The molecule has 0 fully saturated rings. The van der Waals surface area contributed by atoms with Crippen LogP contribution >= 0.6 is 0 Å². The molecule has 1 heterocycles. The van der Waals surface area contributed by atoms with E-state index in [-0.39, 0.29) is 0 Å². The van der Waals surface area contributed by atoms with E-state index in [2.05, 4.69) is 199 Å². The minimum absolute atomic E-state index is 1.02. The first-order chi connectivity index (χ1) is 29.2. The molecule has 0 atom stereocenters. The number of allylic oxidation sites excluding steroid dienone is 3. The van der Waals surface area contributed by atoms with Gasteiger partial charge in [-0.1, -0.05) is 182 Å². The number of aromatic amines is 1. The van der Waals surface area contributed by atoms with Crippen LogP contribution in [0.1, 0.15) is 23.1 Å². The van der Waals surface area contributed by atoms with Crippen LogP contribution in [0.15, 0.2) is 188 Å². The number of H-pyrrole nitrogens is 1. The number of rotatable bonds is 5. The van der Waals surface area contributed by atoms with Crippen molar-refractivity contribution in [3.8, 4) is 55.8 Å². The quantitative estimate of drug-likeness (QED) is 0.169. The highest BCUT2D eigenvalue weighted by atomic mass is 14.7. The second-order valence-electron chi connectivity index (χ2n) is 16.4. The van der Waals surface area contributed by atoms with Crippen LogP contribution in [-0.4, -0.2) is 4.98 Å². The number of nitrogens with one attached hydrogen (secondary N) is 1. The van der Waals surface area contributed by atoms with Gasteiger partial charge in [-0.15, -0.1) is 0 Å². The van der Waals surface area contributed by atoms with Crippen molar-refractivity contribution < 1.29 is 0 Å². The molecule has 1 heteroatoms. The zero-order valence-electron chi connectivity index (χ0n) is 32.4. The zero-order chi connectivity index (χ0) is 38.6. The molecule has 1 nitrogen and oxygen atoms in total. The Morgan fingerprint density at radius 2 is 0.915 bits per heavy atom. The molecule has 2 aliphatic carbocycles. The third kappa shape index (κ3) is 4.98. The maximum Gasteiger partial charge on any atom is 0.0471 e. The third-order valence-corrected chi connectivity index (χ3v) is 13.3. The van der Waals surface area contributed by atoms with Crippen molar-refractivity contribution >= 4 is 65.6 Å². The van der Waals surface area contributed by atoms with Crippen molar-refractivity contribution in [1.82, 2.24) is 4.98 Å². The summed E-state index contributed by atoms with van der Waals surface area (Å²) in [5, 5.41) is 11.8. The summed E-state index contributed by atoms with van der Waals surface area (Å²) in [7, 11) is 0. The normalized spacial score (nSPS) is 13.3. The first kappa shape index (κ1) is 32.6. The average molecular weight is 748 g/mol. The highest BCUT2D eigenvalue weighted by Crippen LogP contribution is 2.45. The Balaban J connectivity index is 0.798. The SMILES string of the molecule is C1=Cc2ccc3c(-c4ccc(-c5ccc(-c6ccc(-c7ccc8ccc9c(-c%10cc%11ccccc%11[nH]%10)ccc%10ccc7c8c%109)cc6)cc5)cc4)ccc4c3c2C(=CC4)C1. The predicted molar refractivity (Wildman–Crippen MR) is 252 cm³/mol. The summed E-state index contributed by atoms with van der Waals surface area (Å²) in [5.74, 6) is 0. The van der Waals surface area contributed by atoms with Crippen LogP contribution in [0.4, 0.5) is 0 Å². The number of hydrogen-bond donors (Lipinski definition) is 1. The van der Waals surface area contributed by atoms with Gasteiger partial charge in [-0.3, -0.25) is 0 Å². The van der Waals surface area contributed by atoms with E-state index >= 15 is 0 Å². The molecule has 0 spiro atoms. The van der Waals surface area contributed by atoms with Gasteiger partial charge in [-0.25, -0.2) is 0 Å². The summed E-state index contributed by atoms with van der Waals surface area (Å²) in [6.07, 6.45) is 9.07. The molecule has 0 amide bonds. The molecule has 59 heavy (non-hydrogen) atoms. The van der Waals surface area contributed by atoms with Crippen molar-refractivity contribution in [1.29, 1.82) is 0 Å². The molecule has 0 saturated heterocycles. The van der Waals surface area contributed by atoms with Gasteiger partial charge in [-0.05, 0) is 135 Å². The van der Waals surface area contributed by atoms with Crippen molar-refractivity contribution in [2.45, 2.75) is 12.8 Å². The largest absolute Gasteiger partial charge is 0.355 e. The van der Waals surface area contributed by atoms with Gasteiger partial charge in [0.1, 0.15) is 0 Å². The molecule has 0 unspecified atom stereocenters. The second kappa shape index (κ2) is 12.5. The van der Waals surface area contributed by atoms with E-state index in [4.69, 9.17) is 0 Å². The molecule has 10 aromatic carbocycles. The fourth-order valence-electron chi connectivity index (χ4n) is 10.3. The summed E-state index contributed by atoms with van der Waals surface area (Å²) in [4.78, 5) is 3.67. The lowest BCUT2D eigenvalue weighted by molar-refractivity contribution is 1.23. The Labute approximate surface area is 342 Å². The minimum atomic E-state index is 1.02. The number of fused-ring (bicyclic) bond motifs is 1. The van der Waals surface area contributed by atoms with E-state index in [0.29, 0.717) is 0 Å². The Kier molecular flexibility index (Phi) is 6.91. The smallest absolute Gasteiger partial charge is 0.0471 e. The maximum absolute atomic E-state index is 3.67. The maximum atomic E-state index is 3.67. The molecule has 11 aromatic rings. The van der Waals surface area contributed by atoms with Gasteiger partial charge in [0.05, 0.1) is 0 Å². The fraction of sp³-hybridized carbons (Fsp3) is 0.0345. The van der Waals surface area contributed by atoms with Gasteiger partial charge in [0.15, 0.2) is 0 Å². The average Bonchev–Trinajstić information content (AvgIpc) is 3.74. The number of para-hydroxylation sites is 1. The molecule has 0 saturated carbocycles. The van der Waals surface area contributed by atoms with Gasteiger partial charge in [0.25, 0.3) is 0 Å². The summed E-state index contributed by atoms with van der Waals surface area (Å²) < 4.78 is 0. The first-order valence-electron chi connectivity index (χ1n) is 20.8. The van der Waals surface area contributed by atoms with Crippen LogP contribution in [0.2, 0.25) is 0 Å². The van der Waals surface area contributed by atoms with E-state index in [1.54, 1.807) is 0 Å². The molecule has 1 N–H and O–H groups in total. The Morgan fingerprint density at radius 1 is 0.390 bits per heavy atom. The summed E-state index contributed by atoms with van der Waals surface area (Å²) in [6, 6.07) is 65.7. The highest BCUT2D eigenvalue weighted by molar-refractivity contribution is 6.27. The van der Waals surface area contributed by atoms with Crippen molar-refractivity contribution in [3.05, 3.63) is 205 Å². The molecule has 0 aliphatic heterocycles. The predicted octanol–water partition coefficient (Wildman–Crippen LogP) is 15.9. The topological polar surface area (TPSA) is 15.8 Å². The lowest BCUT2D eigenvalue weighted by Crippen LogP contribution is -2.03. The van der Waals surface area contributed by atoms with E-state index < -0.39 is 0 Å². The molecule has 274 valence electrons. The van der Waals surface area contributed by atoms with Crippen LogP contribution in [0, 0.1) is 0 Å². The van der Waals surface area contributed by atoms with Gasteiger partial charge < -0.3 is 4.98 Å². The molecule has 13 rings (SSSR count). The Morgan fingerprint density at radius 3 is 1.56 bits per heavy atom. The van der Waals surface area contributed by atoms with Crippen molar-refractivity contribution in [2.75, 3.05) is 0 Å². The number of benzene rings is 10. The molecule has 2 aliphatic rings. The number of aromatic nitrogens is 1. The van der Waals surface area contributed by atoms with Gasteiger partial charge >= 0.3 is 0 Å². The fourth-order valence-corrected chi connectivity index (χ4v) is 10.3. The molecular formula is C58H37N. The van der Waals surface area contributed by atoms with Crippen molar-refractivity contribution in [2.24, 2.45) is 0 Å². The van der Waals surface area contributed by atoms with Gasteiger partial charge in [0.2, 0.25) is 0 Å². The van der Waals surface area contributed by atoms with E-state index in [0.717, 1.165) is 18.5 Å². The standard InChI is InChI=1S/C58H37N/c1-2-7-53-46(4-1)34-54(59-53)49-30-24-45-26-32-51-48(29-23-44-27-33-52(49)58(45)57(44)51)40-18-14-38(15-19-40)36-10-8-35(9-11-36)37-12-16-39(17-13-37)47-28-22-43-21-20-41-5-3-6-42-25-31-50(47)56(43)55(41)42/h1-4,6-20,22-34,59H,5,21H2. The van der Waals surface area contributed by atoms with Crippen molar-refractivity contribution in [3.63, 3.8) is 0 Å². The highest BCUT2D eigenvalue weighted by Gasteiger charge is 2.21. The molecule has 1 aromatic heterocycles. The van der Waals surface area contributed by atoms with E-state index in [9.17, 15) is 0 Å². The van der Waals surface area contributed by atoms with Crippen LogP contribution in [0.25, 0.3) is 121 Å². The lowest BCUT2D eigenvalue weighted by atomic mass is 9.80. The molecule has 0 bridgehead atoms. The minimum Gasteiger partial charge on any atom is -0.355 e. The van der Waals surface area contributed by atoms with Crippen LogP contribution in [0.3, 0.4) is 0 Å². The van der Waals surface area contributed by atoms with E-state index in [1.807, 2.05) is 0 Å². The third-order valence-electron chi connectivity index (χ3n) is 13.3.